The number of nitrogens with zero attached hydrogens (tertiary/aromatic N) is 1. The van der Waals surface area contributed by atoms with E-state index in [1.165, 1.54) is 0 Å². The second-order valence-corrected chi connectivity index (χ2v) is 6.13. The third-order valence-electron chi connectivity index (χ3n) is 3.27. The zero-order valence-corrected chi connectivity index (χ0v) is 13.5. The van der Waals surface area contributed by atoms with Gasteiger partial charge < -0.3 is 14.3 Å². The minimum absolute atomic E-state index is 0.483. The van der Waals surface area contributed by atoms with E-state index in [4.69, 9.17) is 4.74 Å². The summed E-state index contributed by atoms with van der Waals surface area (Å²) in [7, 11) is 0. The number of rotatable bonds is 6. The Labute approximate surface area is 138 Å². The molecule has 2 aromatic carbocycles. The molecule has 0 fully saturated rings. The molecule has 0 radical (unpaired) electrons. The highest BCUT2D eigenvalue weighted by Gasteiger charge is 2.02. The van der Waals surface area contributed by atoms with Crippen molar-refractivity contribution < 1.29 is 9.29 Å². The lowest BCUT2D eigenvalue weighted by Crippen LogP contribution is -2.09. The van der Waals surface area contributed by atoms with Crippen LogP contribution in [-0.4, -0.2) is 20.8 Å². The standard InChI is InChI=1S/C17H17N3O2S/c1-23(21)20-15-6-2-13(3-7-15)11-22-16-8-4-14(5-9-16)17-10-18-12-19-17/h2-10,12,20H,11H2,1H3,(H,18,19). The second-order valence-electron chi connectivity index (χ2n) is 5.02. The van der Waals surface area contributed by atoms with Crippen LogP contribution in [-0.2, 0) is 18.0 Å². The van der Waals surface area contributed by atoms with E-state index in [1.54, 1.807) is 12.6 Å². The Morgan fingerprint density at radius 2 is 1.87 bits per heavy atom. The Kier molecular flexibility index (Phi) is 4.85. The number of hydrogen-bond donors (Lipinski definition) is 2. The molecular weight excluding hydrogens is 310 g/mol. The molecule has 0 aliphatic rings. The minimum Gasteiger partial charge on any atom is -0.593 e. The van der Waals surface area contributed by atoms with Gasteiger partial charge >= 0.3 is 0 Å². The highest BCUT2D eigenvalue weighted by molar-refractivity contribution is 7.92. The zero-order chi connectivity index (χ0) is 16.1. The summed E-state index contributed by atoms with van der Waals surface area (Å²) in [5, 5.41) is 0. The molecule has 3 aromatic rings. The smallest absolute Gasteiger partial charge is 0.121 e. The van der Waals surface area contributed by atoms with E-state index in [1.807, 2.05) is 54.7 Å². The van der Waals surface area contributed by atoms with E-state index < -0.39 is 11.4 Å². The zero-order valence-electron chi connectivity index (χ0n) is 12.7. The summed E-state index contributed by atoms with van der Waals surface area (Å²) in [4.78, 5) is 7.15. The summed E-state index contributed by atoms with van der Waals surface area (Å²) in [6.45, 7) is 0.483. The quantitative estimate of drug-likeness (QED) is 0.681. The van der Waals surface area contributed by atoms with Crippen LogP contribution in [0.15, 0.2) is 61.1 Å². The van der Waals surface area contributed by atoms with Gasteiger partial charge in [-0.2, -0.15) is 0 Å². The molecule has 0 spiro atoms. The fraction of sp³-hybridized carbons (Fsp3) is 0.118. The van der Waals surface area contributed by atoms with Crippen LogP contribution in [0.1, 0.15) is 5.56 Å². The Balaban J connectivity index is 1.57. The first-order valence-electron chi connectivity index (χ1n) is 7.12. The van der Waals surface area contributed by atoms with Crippen LogP contribution < -0.4 is 9.46 Å². The monoisotopic (exact) mass is 327 g/mol. The fourth-order valence-electron chi connectivity index (χ4n) is 2.14. The fourth-order valence-corrected chi connectivity index (χ4v) is 2.61. The molecule has 0 saturated heterocycles. The van der Waals surface area contributed by atoms with Crippen molar-refractivity contribution in [2.75, 3.05) is 11.0 Å². The molecule has 0 bridgehead atoms. The van der Waals surface area contributed by atoms with Crippen molar-refractivity contribution in [1.29, 1.82) is 0 Å². The van der Waals surface area contributed by atoms with Gasteiger partial charge in [0, 0.05) is 11.8 Å². The summed E-state index contributed by atoms with van der Waals surface area (Å²) < 4.78 is 19.7. The van der Waals surface area contributed by atoms with Crippen molar-refractivity contribution in [3.63, 3.8) is 0 Å². The first-order chi connectivity index (χ1) is 11.2. The van der Waals surface area contributed by atoms with Gasteiger partial charge in [0.25, 0.3) is 0 Å². The van der Waals surface area contributed by atoms with E-state index in [-0.39, 0.29) is 0 Å². The third kappa shape index (κ3) is 4.28. The summed E-state index contributed by atoms with van der Waals surface area (Å²) in [5.41, 5.74) is 3.83. The van der Waals surface area contributed by atoms with Gasteiger partial charge in [-0.05, 0) is 42.0 Å². The summed E-state index contributed by atoms with van der Waals surface area (Å²) >= 11 is -1.06. The SMILES string of the molecule is C[S+]([O-])Nc1ccc(COc2ccc(-c3c[nH]cn3)cc2)cc1. The van der Waals surface area contributed by atoms with Crippen molar-refractivity contribution in [2.45, 2.75) is 6.61 Å². The molecule has 0 amide bonds. The number of anilines is 1. The third-order valence-corrected chi connectivity index (χ3v) is 3.79. The number of aromatic nitrogens is 2. The van der Waals surface area contributed by atoms with E-state index >= 15 is 0 Å². The number of nitrogens with one attached hydrogen (secondary N) is 2. The van der Waals surface area contributed by atoms with Crippen molar-refractivity contribution in [3.8, 4) is 17.0 Å². The van der Waals surface area contributed by atoms with E-state index in [0.717, 1.165) is 28.3 Å². The van der Waals surface area contributed by atoms with Gasteiger partial charge in [0.15, 0.2) is 0 Å². The van der Waals surface area contributed by atoms with Crippen molar-refractivity contribution in [3.05, 3.63) is 66.6 Å². The topological polar surface area (TPSA) is 73.0 Å². The minimum atomic E-state index is -1.06. The maximum atomic E-state index is 11.1. The Hall–Kier alpha value is -2.44. The lowest BCUT2D eigenvalue weighted by atomic mass is 10.1. The Bertz CT molecular complexity index is 726. The Morgan fingerprint density at radius 1 is 1.13 bits per heavy atom. The van der Waals surface area contributed by atoms with E-state index in [0.29, 0.717) is 6.61 Å². The number of ether oxygens (including phenoxy) is 1. The largest absolute Gasteiger partial charge is 0.593 e. The molecule has 5 nitrogen and oxygen atoms in total. The normalized spacial score (nSPS) is 11.9. The van der Waals surface area contributed by atoms with Crippen LogP contribution in [0.2, 0.25) is 0 Å². The molecular formula is C17H17N3O2S. The molecule has 1 atom stereocenters. The van der Waals surface area contributed by atoms with E-state index in [9.17, 15) is 4.55 Å². The highest BCUT2D eigenvalue weighted by Crippen LogP contribution is 2.21. The highest BCUT2D eigenvalue weighted by atomic mass is 32.2. The molecule has 3 rings (SSSR count). The number of benzene rings is 2. The van der Waals surface area contributed by atoms with Gasteiger partial charge in [0.2, 0.25) is 0 Å². The number of aromatic amines is 1. The number of H-pyrrole nitrogens is 1. The maximum absolute atomic E-state index is 11.1. The van der Waals surface area contributed by atoms with Crippen molar-refractivity contribution >= 4 is 17.0 Å². The average molecular weight is 327 g/mol. The maximum Gasteiger partial charge on any atom is 0.121 e. The molecule has 1 aromatic heterocycles. The average Bonchev–Trinajstić information content (AvgIpc) is 3.09. The van der Waals surface area contributed by atoms with Gasteiger partial charge in [-0.1, -0.05) is 12.1 Å². The summed E-state index contributed by atoms with van der Waals surface area (Å²) in [6.07, 6.45) is 5.12. The van der Waals surface area contributed by atoms with Crippen LogP contribution in [0.5, 0.6) is 5.75 Å². The molecule has 0 aliphatic carbocycles. The van der Waals surface area contributed by atoms with Gasteiger partial charge in [-0.15, -0.1) is 0 Å². The molecule has 1 heterocycles. The van der Waals surface area contributed by atoms with Crippen LogP contribution in [0.4, 0.5) is 5.69 Å². The first-order valence-corrected chi connectivity index (χ1v) is 8.67. The van der Waals surface area contributed by atoms with Crippen LogP contribution in [0.3, 0.4) is 0 Å². The molecule has 23 heavy (non-hydrogen) atoms. The summed E-state index contributed by atoms with van der Waals surface area (Å²) in [5.74, 6) is 0.807. The first kappa shape index (κ1) is 15.5. The predicted octanol–water partition coefficient (Wildman–Crippen LogP) is 3.36. The Morgan fingerprint density at radius 3 is 2.48 bits per heavy atom. The van der Waals surface area contributed by atoms with Crippen molar-refractivity contribution in [2.24, 2.45) is 0 Å². The van der Waals surface area contributed by atoms with Gasteiger partial charge in [-0.3, -0.25) is 0 Å². The lowest BCUT2D eigenvalue weighted by Gasteiger charge is -2.09. The lowest BCUT2D eigenvalue weighted by molar-refractivity contribution is 0.306. The molecule has 0 aliphatic heterocycles. The number of hydrogen-bond acceptors (Lipinski definition) is 4. The number of imidazole rings is 1. The molecule has 6 heteroatoms. The predicted molar refractivity (Wildman–Crippen MR) is 92.5 cm³/mol. The van der Waals surface area contributed by atoms with Gasteiger partial charge in [0.1, 0.15) is 18.6 Å². The van der Waals surface area contributed by atoms with Crippen LogP contribution in [0.25, 0.3) is 11.3 Å². The van der Waals surface area contributed by atoms with Gasteiger partial charge in [-0.25, -0.2) is 9.71 Å². The summed E-state index contributed by atoms with van der Waals surface area (Å²) in [6, 6.07) is 15.5. The molecule has 0 saturated carbocycles. The van der Waals surface area contributed by atoms with E-state index in [2.05, 4.69) is 14.7 Å². The molecule has 2 N–H and O–H groups in total. The molecule has 1 unspecified atom stereocenters. The van der Waals surface area contributed by atoms with Gasteiger partial charge in [0.05, 0.1) is 29.1 Å². The van der Waals surface area contributed by atoms with Crippen LogP contribution >= 0.6 is 0 Å². The molecule has 118 valence electrons. The van der Waals surface area contributed by atoms with Crippen molar-refractivity contribution in [1.82, 2.24) is 9.97 Å². The second kappa shape index (κ2) is 7.21. The van der Waals surface area contributed by atoms with Crippen LogP contribution in [0, 0.1) is 0 Å².